The third-order valence-corrected chi connectivity index (χ3v) is 16.4. The van der Waals surface area contributed by atoms with Crippen molar-refractivity contribution in [2.24, 2.45) is 0 Å². The van der Waals surface area contributed by atoms with E-state index in [9.17, 15) is 0 Å². The second-order valence-corrected chi connectivity index (χ2v) is 19.9. The van der Waals surface area contributed by atoms with E-state index in [0.29, 0.717) is 0 Å². The lowest BCUT2D eigenvalue weighted by atomic mass is 9.33. The molecule has 7 heteroatoms. The normalized spacial score (nSPS) is 13.9. The van der Waals surface area contributed by atoms with Crippen molar-refractivity contribution in [3.63, 3.8) is 0 Å². The van der Waals surface area contributed by atoms with E-state index in [1.165, 1.54) is 116 Å². The first-order chi connectivity index (χ1) is 36.3. The molecular weight excluding hydrogens is 884 g/mol. The Labute approximate surface area is 423 Å². The zero-order valence-corrected chi connectivity index (χ0v) is 39.6. The summed E-state index contributed by atoms with van der Waals surface area (Å²) in [4.78, 5) is 10.1. The quantitative estimate of drug-likeness (QED) is 0.164. The van der Waals surface area contributed by atoms with Crippen LogP contribution in [0.3, 0.4) is 0 Å². The van der Waals surface area contributed by atoms with Gasteiger partial charge < -0.3 is 24.0 Å². The predicted molar refractivity (Wildman–Crippen MR) is 309 cm³/mol. The fraction of sp³-hybridized carbons (Fsp3) is 0. The fourth-order valence-corrected chi connectivity index (χ4v) is 13.8. The summed E-state index contributed by atoms with van der Waals surface area (Å²) in [7, 11) is 0. The van der Waals surface area contributed by atoms with Gasteiger partial charge in [-0.2, -0.15) is 0 Å². The van der Waals surface area contributed by atoms with Crippen LogP contribution in [-0.4, -0.2) is 17.8 Å². The minimum Gasteiger partial charge on any atom is -0.311 e. The zero-order chi connectivity index (χ0) is 47.5. The number of hydrogen-bond acceptors (Lipinski definition) is 4. The maximum Gasteiger partial charge on any atom is 0.252 e. The Hall–Kier alpha value is -9.45. The molecule has 0 saturated heterocycles. The molecule has 73 heavy (non-hydrogen) atoms. The molecule has 4 aliphatic rings. The number of fused-ring (bicyclic) bond motifs is 16. The molecule has 4 aliphatic heterocycles. The summed E-state index contributed by atoms with van der Waals surface area (Å²) < 4.78 is 2.60. The summed E-state index contributed by atoms with van der Waals surface area (Å²) in [5.41, 5.74) is 26.0. The fourth-order valence-electron chi connectivity index (χ4n) is 13.8. The number of para-hydroxylation sites is 7. The molecule has 0 aliphatic carbocycles. The highest BCUT2D eigenvalue weighted by atomic mass is 15.2. The Kier molecular flexibility index (Phi) is 7.84. The SMILES string of the molecule is c1ccc(N2c3ccccc3B3c4ccc5c(c4N(c4ccccc4)c4cccc2c43)c2cccc3c4c6c(ccc4n5c23)B2c3ccccc3N(c3ccccc3)c3cccc(c32)N6c2ccccc2)cc1. The van der Waals surface area contributed by atoms with Gasteiger partial charge >= 0.3 is 0 Å². The topological polar surface area (TPSA) is 17.4 Å². The van der Waals surface area contributed by atoms with Crippen molar-refractivity contribution in [3.05, 3.63) is 249 Å². The van der Waals surface area contributed by atoms with Gasteiger partial charge in [-0.1, -0.05) is 152 Å². The van der Waals surface area contributed by atoms with Gasteiger partial charge in [0.15, 0.2) is 0 Å². The summed E-state index contributed by atoms with van der Waals surface area (Å²) in [6, 6.07) is 92.6. The second-order valence-electron chi connectivity index (χ2n) is 19.9. The molecule has 0 N–H and O–H groups in total. The first-order valence-electron chi connectivity index (χ1n) is 25.4. The molecule has 0 bridgehead atoms. The average Bonchev–Trinajstić information content (AvgIpc) is 3.99. The van der Waals surface area contributed by atoms with Gasteiger partial charge in [-0.05, 0) is 130 Å². The monoisotopic (exact) mass is 925 g/mol. The Balaban J connectivity index is 0.964. The van der Waals surface area contributed by atoms with Crippen molar-refractivity contribution in [1.82, 2.24) is 4.40 Å². The Morgan fingerprint density at radius 1 is 0.247 bits per heavy atom. The minimum atomic E-state index is 0.0196. The minimum absolute atomic E-state index is 0.0196. The van der Waals surface area contributed by atoms with E-state index in [-0.39, 0.29) is 13.4 Å². The molecule has 6 heterocycles. The van der Waals surface area contributed by atoms with Crippen molar-refractivity contribution in [2.75, 3.05) is 19.6 Å². The van der Waals surface area contributed by atoms with E-state index in [2.05, 4.69) is 273 Å². The number of rotatable bonds is 4. The van der Waals surface area contributed by atoms with Crippen molar-refractivity contribution >= 4 is 153 Å². The van der Waals surface area contributed by atoms with Crippen LogP contribution in [0.2, 0.25) is 0 Å². The molecule has 13 aromatic rings. The Morgan fingerprint density at radius 3 is 0.986 bits per heavy atom. The van der Waals surface area contributed by atoms with Gasteiger partial charge in [-0.15, -0.1) is 0 Å². The number of nitrogens with zero attached hydrogens (tertiary/aromatic N) is 5. The number of hydrogen-bond donors (Lipinski definition) is 0. The number of aromatic nitrogens is 1. The summed E-state index contributed by atoms with van der Waals surface area (Å²) in [6.07, 6.45) is 0. The number of benzene rings is 11. The van der Waals surface area contributed by atoms with Crippen molar-refractivity contribution in [1.29, 1.82) is 0 Å². The molecule has 0 saturated carbocycles. The number of anilines is 12. The van der Waals surface area contributed by atoms with E-state index in [0.717, 1.165) is 22.7 Å². The van der Waals surface area contributed by atoms with Crippen LogP contribution >= 0.6 is 0 Å². The molecule has 0 radical (unpaired) electrons. The van der Waals surface area contributed by atoms with Crippen LogP contribution < -0.4 is 52.4 Å². The van der Waals surface area contributed by atoms with E-state index in [4.69, 9.17) is 0 Å². The maximum absolute atomic E-state index is 2.60. The van der Waals surface area contributed by atoms with E-state index < -0.39 is 0 Å². The molecule has 17 rings (SSSR count). The van der Waals surface area contributed by atoms with E-state index >= 15 is 0 Å². The lowest BCUT2D eigenvalue weighted by Gasteiger charge is -2.44. The molecule has 11 aromatic carbocycles. The van der Waals surface area contributed by atoms with Crippen LogP contribution in [0.5, 0.6) is 0 Å². The predicted octanol–water partition coefficient (Wildman–Crippen LogP) is 13.0. The standard InChI is InChI=1S/C66H41B2N5/c1-5-20-42(21-6-1)69-52-32-15-13-30-48(52)67-50-38-40-54-60(65(50)71(44-24-9-3-10-25-44)58-36-18-34-56(69)62(58)67)46-28-17-29-47-61-55(73(54)64(46)47)41-39-51-66(61)72(45-26-11-4-12-27-45)59-37-19-35-57-63(59)68(51)49-31-14-16-33-53(49)70(57)43-22-7-2-8-23-43/h1-41H. The first-order valence-corrected chi connectivity index (χ1v) is 25.4. The molecule has 2 aromatic heterocycles. The van der Waals surface area contributed by atoms with Gasteiger partial charge in [0.25, 0.3) is 13.4 Å². The van der Waals surface area contributed by atoms with Gasteiger partial charge in [0.2, 0.25) is 0 Å². The van der Waals surface area contributed by atoms with Crippen molar-refractivity contribution < 1.29 is 0 Å². The van der Waals surface area contributed by atoms with Crippen LogP contribution in [0.1, 0.15) is 0 Å². The summed E-state index contributed by atoms with van der Waals surface area (Å²) in [5, 5.41) is 5.07. The zero-order valence-electron chi connectivity index (χ0n) is 39.6. The summed E-state index contributed by atoms with van der Waals surface area (Å²) >= 11 is 0. The molecule has 336 valence electrons. The summed E-state index contributed by atoms with van der Waals surface area (Å²) in [5.74, 6) is 0. The average molecular weight is 926 g/mol. The molecule has 0 amide bonds. The molecule has 0 fully saturated rings. The highest BCUT2D eigenvalue weighted by Crippen LogP contribution is 2.52. The van der Waals surface area contributed by atoms with Crippen molar-refractivity contribution in [3.8, 4) is 0 Å². The maximum atomic E-state index is 2.60. The lowest BCUT2D eigenvalue weighted by Crippen LogP contribution is -2.61. The van der Waals surface area contributed by atoms with Gasteiger partial charge in [0, 0.05) is 78.4 Å². The highest BCUT2D eigenvalue weighted by Gasteiger charge is 2.46. The van der Waals surface area contributed by atoms with Crippen LogP contribution in [-0.2, 0) is 0 Å². The second kappa shape index (κ2) is 14.6. The third kappa shape index (κ3) is 5.08. The molecule has 0 spiro atoms. The van der Waals surface area contributed by atoms with E-state index in [1.54, 1.807) is 0 Å². The summed E-state index contributed by atoms with van der Waals surface area (Å²) in [6.45, 7) is 0.0391. The smallest absolute Gasteiger partial charge is 0.252 e. The third-order valence-electron chi connectivity index (χ3n) is 16.4. The Morgan fingerprint density at radius 2 is 0.575 bits per heavy atom. The van der Waals surface area contributed by atoms with Gasteiger partial charge in [-0.3, -0.25) is 0 Å². The lowest BCUT2D eigenvalue weighted by molar-refractivity contribution is 1.26. The largest absolute Gasteiger partial charge is 0.311 e. The van der Waals surface area contributed by atoms with Crippen molar-refractivity contribution in [2.45, 2.75) is 0 Å². The van der Waals surface area contributed by atoms with Gasteiger partial charge in [0.05, 0.1) is 27.9 Å². The van der Waals surface area contributed by atoms with Crippen LogP contribution in [0.15, 0.2) is 249 Å². The van der Waals surface area contributed by atoms with Gasteiger partial charge in [0.1, 0.15) is 0 Å². The molecule has 0 atom stereocenters. The molecule has 0 unspecified atom stereocenters. The van der Waals surface area contributed by atoms with Gasteiger partial charge in [-0.25, -0.2) is 0 Å². The molecule has 5 nitrogen and oxygen atoms in total. The van der Waals surface area contributed by atoms with Crippen LogP contribution in [0.4, 0.5) is 68.2 Å². The molecular formula is C66H41B2N5. The first kappa shape index (κ1) is 39.3. The van der Waals surface area contributed by atoms with Crippen LogP contribution in [0.25, 0.3) is 38.1 Å². The highest BCUT2D eigenvalue weighted by molar-refractivity contribution is 7.01. The van der Waals surface area contributed by atoms with E-state index in [1.807, 2.05) is 0 Å². The van der Waals surface area contributed by atoms with Crippen LogP contribution in [0, 0.1) is 0 Å². The Bertz CT molecular complexity index is 4150.